The van der Waals surface area contributed by atoms with Crippen molar-refractivity contribution in [2.24, 2.45) is 0 Å². The average molecular weight is 176 g/mol. The van der Waals surface area contributed by atoms with Crippen molar-refractivity contribution in [1.82, 2.24) is 0 Å². The molecule has 2 rings (SSSR count). The largest absolute Gasteiger partial charge is 0.355 e. The summed E-state index contributed by atoms with van der Waals surface area (Å²) in [6, 6.07) is 8.60. The van der Waals surface area contributed by atoms with Crippen LogP contribution in [0.25, 0.3) is 0 Å². The Kier molecular flexibility index (Phi) is 2.13. The van der Waals surface area contributed by atoms with Crippen molar-refractivity contribution >= 4 is 11.4 Å². The fraction of sp³-hybridized carbons (Fsp3) is 0.455. The number of fused-ring (bicyclic) bond motifs is 1. The molecule has 1 aliphatic rings. The fourth-order valence-electron chi connectivity index (χ4n) is 1.92. The molecular formula is C11H16N2. The van der Waals surface area contributed by atoms with Gasteiger partial charge < -0.3 is 9.80 Å². The number of para-hydroxylation sites is 2. The number of rotatable bonds is 2. The highest BCUT2D eigenvalue weighted by atomic mass is 15.4. The lowest BCUT2D eigenvalue weighted by Gasteiger charge is -2.17. The molecule has 1 aliphatic heterocycles. The number of hydrogen-bond donors (Lipinski definition) is 0. The highest BCUT2D eigenvalue weighted by Gasteiger charge is 2.20. The molecule has 0 N–H and O–H groups in total. The minimum atomic E-state index is 1.03. The van der Waals surface area contributed by atoms with Gasteiger partial charge in [0, 0.05) is 13.6 Å². The Labute approximate surface area is 79.8 Å². The van der Waals surface area contributed by atoms with Crippen LogP contribution in [0, 0.1) is 0 Å². The van der Waals surface area contributed by atoms with Crippen LogP contribution in [0.2, 0.25) is 0 Å². The fourth-order valence-corrected chi connectivity index (χ4v) is 1.92. The molecule has 0 radical (unpaired) electrons. The van der Waals surface area contributed by atoms with Crippen LogP contribution in [0.1, 0.15) is 13.3 Å². The summed E-state index contributed by atoms with van der Waals surface area (Å²) in [6.07, 6.45) is 1.21. The molecule has 0 spiro atoms. The summed E-state index contributed by atoms with van der Waals surface area (Å²) in [7, 11) is 2.15. The molecule has 0 amide bonds. The van der Waals surface area contributed by atoms with E-state index in [1.54, 1.807) is 0 Å². The van der Waals surface area contributed by atoms with Crippen molar-refractivity contribution in [3.8, 4) is 0 Å². The van der Waals surface area contributed by atoms with Crippen LogP contribution in [0.4, 0.5) is 11.4 Å². The van der Waals surface area contributed by atoms with Crippen LogP contribution in [0.15, 0.2) is 24.3 Å². The first kappa shape index (κ1) is 8.42. The molecule has 1 aromatic rings. The molecule has 2 nitrogen and oxygen atoms in total. The second kappa shape index (κ2) is 3.29. The monoisotopic (exact) mass is 176 g/mol. The van der Waals surface area contributed by atoms with Crippen LogP contribution in [-0.4, -0.2) is 20.3 Å². The predicted molar refractivity (Wildman–Crippen MR) is 57.3 cm³/mol. The molecule has 0 saturated carbocycles. The Bertz CT molecular complexity index is 296. The van der Waals surface area contributed by atoms with E-state index in [0.29, 0.717) is 0 Å². The normalized spacial score (nSPS) is 14.9. The Morgan fingerprint density at radius 1 is 1.23 bits per heavy atom. The van der Waals surface area contributed by atoms with Gasteiger partial charge in [0.25, 0.3) is 0 Å². The Hall–Kier alpha value is -1.18. The van der Waals surface area contributed by atoms with E-state index in [2.05, 4.69) is 48.0 Å². The van der Waals surface area contributed by atoms with Gasteiger partial charge in [-0.15, -0.1) is 0 Å². The minimum absolute atomic E-state index is 1.03. The van der Waals surface area contributed by atoms with Crippen LogP contribution in [0.3, 0.4) is 0 Å². The van der Waals surface area contributed by atoms with E-state index in [1.807, 2.05) is 0 Å². The molecule has 0 fully saturated rings. The summed E-state index contributed by atoms with van der Waals surface area (Å²) < 4.78 is 0. The minimum Gasteiger partial charge on any atom is -0.355 e. The lowest BCUT2D eigenvalue weighted by molar-refractivity contribution is 0.784. The molecule has 0 bridgehead atoms. The van der Waals surface area contributed by atoms with E-state index < -0.39 is 0 Å². The third kappa shape index (κ3) is 1.37. The maximum atomic E-state index is 2.43. The van der Waals surface area contributed by atoms with Crippen LogP contribution in [-0.2, 0) is 0 Å². The van der Waals surface area contributed by atoms with Crippen LogP contribution in [0.5, 0.6) is 0 Å². The van der Waals surface area contributed by atoms with Crippen LogP contribution >= 0.6 is 0 Å². The van der Waals surface area contributed by atoms with E-state index in [9.17, 15) is 0 Å². The summed E-state index contributed by atoms with van der Waals surface area (Å²) in [4.78, 5) is 4.72. The van der Waals surface area contributed by atoms with Gasteiger partial charge in [-0.25, -0.2) is 0 Å². The molecule has 1 aromatic carbocycles. The summed E-state index contributed by atoms with van der Waals surface area (Å²) in [5, 5.41) is 0. The molecule has 70 valence electrons. The first-order valence-corrected chi connectivity index (χ1v) is 4.88. The lowest BCUT2D eigenvalue weighted by atomic mass is 10.2. The zero-order valence-corrected chi connectivity index (χ0v) is 8.33. The SMILES string of the molecule is CCCN1CN(C)c2ccccc21. The van der Waals surface area contributed by atoms with Gasteiger partial charge >= 0.3 is 0 Å². The average Bonchev–Trinajstić information content (AvgIpc) is 2.46. The third-order valence-corrected chi connectivity index (χ3v) is 2.51. The van der Waals surface area contributed by atoms with E-state index in [0.717, 1.165) is 13.2 Å². The highest BCUT2D eigenvalue weighted by molar-refractivity contribution is 5.75. The summed E-state index contributed by atoms with van der Waals surface area (Å²) >= 11 is 0. The second-order valence-electron chi connectivity index (χ2n) is 3.59. The van der Waals surface area contributed by atoms with E-state index in [-0.39, 0.29) is 0 Å². The first-order valence-electron chi connectivity index (χ1n) is 4.88. The van der Waals surface area contributed by atoms with Crippen molar-refractivity contribution in [1.29, 1.82) is 0 Å². The van der Waals surface area contributed by atoms with Crippen LogP contribution < -0.4 is 9.80 Å². The van der Waals surface area contributed by atoms with Crippen molar-refractivity contribution < 1.29 is 0 Å². The molecule has 0 saturated heterocycles. The van der Waals surface area contributed by atoms with Gasteiger partial charge in [0.2, 0.25) is 0 Å². The molecule has 0 aliphatic carbocycles. The Morgan fingerprint density at radius 3 is 2.62 bits per heavy atom. The lowest BCUT2D eigenvalue weighted by Crippen LogP contribution is -2.28. The topological polar surface area (TPSA) is 6.48 Å². The number of benzene rings is 1. The smallest absolute Gasteiger partial charge is 0.0901 e. The maximum Gasteiger partial charge on any atom is 0.0901 e. The molecule has 0 aromatic heterocycles. The van der Waals surface area contributed by atoms with E-state index >= 15 is 0 Å². The standard InChI is InChI=1S/C11H16N2/c1-3-8-13-9-12(2)10-6-4-5-7-11(10)13/h4-7H,3,8-9H2,1-2H3. The third-order valence-electron chi connectivity index (χ3n) is 2.51. The van der Waals surface area contributed by atoms with Gasteiger partial charge in [0.15, 0.2) is 0 Å². The van der Waals surface area contributed by atoms with E-state index in [4.69, 9.17) is 0 Å². The Balaban J connectivity index is 2.30. The van der Waals surface area contributed by atoms with Gasteiger partial charge in [-0.2, -0.15) is 0 Å². The van der Waals surface area contributed by atoms with Gasteiger partial charge in [-0.1, -0.05) is 19.1 Å². The second-order valence-corrected chi connectivity index (χ2v) is 3.59. The number of hydrogen-bond acceptors (Lipinski definition) is 2. The maximum absolute atomic E-state index is 2.43. The quantitative estimate of drug-likeness (QED) is 0.682. The highest BCUT2D eigenvalue weighted by Crippen LogP contribution is 2.34. The van der Waals surface area contributed by atoms with Gasteiger partial charge in [0.05, 0.1) is 18.0 Å². The van der Waals surface area contributed by atoms with Gasteiger partial charge in [0.1, 0.15) is 0 Å². The van der Waals surface area contributed by atoms with Crippen molar-refractivity contribution in [3.05, 3.63) is 24.3 Å². The summed E-state index contributed by atoms with van der Waals surface area (Å²) in [6.45, 7) is 4.41. The number of anilines is 2. The zero-order chi connectivity index (χ0) is 9.26. The molecule has 2 heteroatoms. The summed E-state index contributed by atoms with van der Waals surface area (Å²) in [5.74, 6) is 0. The molecule has 13 heavy (non-hydrogen) atoms. The molecular weight excluding hydrogens is 160 g/mol. The van der Waals surface area contributed by atoms with Gasteiger partial charge in [-0.05, 0) is 18.6 Å². The van der Waals surface area contributed by atoms with Crippen molar-refractivity contribution in [2.75, 3.05) is 30.1 Å². The summed E-state index contributed by atoms with van der Waals surface area (Å²) in [5.41, 5.74) is 2.74. The van der Waals surface area contributed by atoms with Crippen molar-refractivity contribution in [3.63, 3.8) is 0 Å². The molecule has 1 heterocycles. The van der Waals surface area contributed by atoms with E-state index in [1.165, 1.54) is 17.8 Å². The predicted octanol–water partition coefficient (Wildman–Crippen LogP) is 2.31. The first-order chi connectivity index (χ1) is 6.33. The molecule has 0 unspecified atom stereocenters. The van der Waals surface area contributed by atoms with Crippen molar-refractivity contribution in [2.45, 2.75) is 13.3 Å². The van der Waals surface area contributed by atoms with Gasteiger partial charge in [-0.3, -0.25) is 0 Å². The number of nitrogens with zero attached hydrogens (tertiary/aromatic N) is 2. The Morgan fingerprint density at radius 2 is 1.92 bits per heavy atom. The zero-order valence-electron chi connectivity index (χ0n) is 8.33. The molecule has 0 atom stereocenters.